The van der Waals surface area contributed by atoms with Gasteiger partial charge in [0.25, 0.3) is 5.91 Å². The van der Waals surface area contributed by atoms with Crippen molar-refractivity contribution < 1.29 is 9.32 Å². The van der Waals surface area contributed by atoms with Gasteiger partial charge in [-0.25, -0.2) is 0 Å². The van der Waals surface area contributed by atoms with Crippen LogP contribution in [0.15, 0.2) is 34.9 Å². The van der Waals surface area contributed by atoms with Gasteiger partial charge in [-0.3, -0.25) is 4.79 Å². The predicted molar refractivity (Wildman–Crippen MR) is 105 cm³/mol. The second kappa shape index (κ2) is 7.01. The van der Waals surface area contributed by atoms with Crippen LogP contribution < -0.4 is 5.32 Å². The Morgan fingerprint density at radius 2 is 2.15 bits per heavy atom. The number of amides is 1. The number of nitriles is 1. The van der Waals surface area contributed by atoms with Crippen molar-refractivity contribution in [3.63, 3.8) is 0 Å². The number of anilines is 1. The molecular weight excluding hydrogens is 358 g/mol. The first-order valence-electron chi connectivity index (χ1n) is 8.96. The summed E-state index contributed by atoms with van der Waals surface area (Å²) >= 11 is 1.52. The number of aromatic nitrogens is 1. The molecule has 0 unspecified atom stereocenters. The Labute approximate surface area is 161 Å². The minimum Gasteiger partial charge on any atom is -0.360 e. The summed E-state index contributed by atoms with van der Waals surface area (Å²) in [6.07, 6.45) is 2.94. The molecule has 0 aliphatic heterocycles. The predicted octanol–water partition coefficient (Wildman–Crippen LogP) is 4.96. The molecule has 0 bridgehead atoms. The Morgan fingerprint density at radius 1 is 1.37 bits per heavy atom. The number of hydrogen-bond donors (Lipinski definition) is 1. The molecule has 1 N–H and O–H groups in total. The number of fused-ring (bicyclic) bond motifs is 1. The van der Waals surface area contributed by atoms with E-state index in [9.17, 15) is 10.1 Å². The van der Waals surface area contributed by atoms with Crippen LogP contribution in [0, 0.1) is 24.2 Å². The molecule has 3 aromatic rings. The Hall–Kier alpha value is -2.91. The monoisotopic (exact) mass is 377 g/mol. The van der Waals surface area contributed by atoms with Crippen molar-refractivity contribution in [3.05, 3.63) is 57.7 Å². The quantitative estimate of drug-likeness (QED) is 0.699. The third-order valence-corrected chi connectivity index (χ3v) is 6.16. The van der Waals surface area contributed by atoms with Gasteiger partial charge in [-0.05, 0) is 37.7 Å². The van der Waals surface area contributed by atoms with E-state index in [1.807, 2.05) is 30.3 Å². The van der Waals surface area contributed by atoms with Crippen molar-refractivity contribution in [3.8, 4) is 17.3 Å². The zero-order valence-corrected chi connectivity index (χ0v) is 16.0. The van der Waals surface area contributed by atoms with Gasteiger partial charge in [-0.15, -0.1) is 11.3 Å². The van der Waals surface area contributed by atoms with E-state index in [2.05, 4.69) is 23.5 Å². The molecule has 6 heteroatoms. The molecular formula is C21H19N3O2S. The maximum atomic E-state index is 13.0. The van der Waals surface area contributed by atoms with E-state index in [0.717, 1.165) is 30.4 Å². The number of carbonyl (C=O) groups excluding carboxylic acids is 1. The summed E-state index contributed by atoms with van der Waals surface area (Å²) in [5, 5.41) is 17.3. The van der Waals surface area contributed by atoms with Crippen LogP contribution in [0.2, 0.25) is 0 Å². The lowest BCUT2D eigenvalue weighted by Crippen LogP contribution is -2.13. The first kappa shape index (κ1) is 17.5. The molecule has 0 saturated heterocycles. The van der Waals surface area contributed by atoms with Crippen LogP contribution in [0.4, 0.5) is 5.00 Å². The highest BCUT2D eigenvalue weighted by Crippen LogP contribution is 2.39. The van der Waals surface area contributed by atoms with Crippen molar-refractivity contribution in [1.29, 1.82) is 5.26 Å². The number of hydrogen-bond acceptors (Lipinski definition) is 5. The van der Waals surface area contributed by atoms with Crippen LogP contribution >= 0.6 is 11.3 Å². The summed E-state index contributed by atoms with van der Waals surface area (Å²) in [5.74, 6) is 0.770. The van der Waals surface area contributed by atoms with Gasteiger partial charge in [-0.1, -0.05) is 42.4 Å². The summed E-state index contributed by atoms with van der Waals surface area (Å²) in [6.45, 7) is 3.94. The summed E-state index contributed by atoms with van der Waals surface area (Å²) in [6, 6.07) is 11.8. The third-order valence-electron chi connectivity index (χ3n) is 4.99. The second-order valence-corrected chi connectivity index (χ2v) is 8.06. The summed E-state index contributed by atoms with van der Waals surface area (Å²) in [4.78, 5) is 14.2. The van der Waals surface area contributed by atoms with Crippen molar-refractivity contribution >= 4 is 22.2 Å². The average molecular weight is 377 g/mol. The number of rotatable bonds is 3. The van der Waals surface area contributed by atoms with Crippen molar-refractivity contribution in [2.75, 3.05) is 5.32 Å². The number of nitrogens with zero attached hydrogens (tertiary/aromatic N) is 2. The summed E-state index contributed by atoms with van der Waals surface area (Å²) < 4.78 is 5.29. The van der Waals surface area contributed by atoms with Crippen LogP contribution in [0.1, 0.15) is 45.5 Å². The largest absolute Gasteiger partial charge is 0.360 e. The lowest BCUT2D eigenvalue weighted by molar-refractivity contribution is 0.102. The molecule has 1 aliphatic rings. The molecule has 0 spiro atoms. The number of nitrogens with one attached hydrogen (secondary N) is 1. The van der Waals surface area contributed by atoms with Gasteiger partial charge in [0.15, 0.2) is 0 Å². The second-order valence-electron chi connectivity index (χ2n) is 6.95. The minimum absolute atomic E-state index is 0.296. The van der Waals surface area contributed by atoms with E-state index >= 15 is 0 Å². The van der Waals surface area contributed by atoms with Gasteiger partial charge in [0.1, 0.15) is 28.1 Å². The molecule has 2 aromatic heterocycles. The maximum absolute atomic E-state index is 13.0. The van der Waals surface area contributed by atoms with Gasteiger partial charge in [0.05, 0.1) is 5.56 Å². The van der Waals surface area contributed by atoms with E-state index in [4.69, 9.17) is 4.52 Å². The van der Waals surface area contributed by atoms with Crippen LogP contribution in [-0.2, 0) is 12.8 Å². The third kappa shape index (κ3) is 3.15. The lowest BCUT2D eigenvalue weighted by Gasteiger charge is -2.17. The molecule has 0 fully saturated rings. The van der Waals surface area contributed by atoms with Gasteiger partial charge in [-0.2, -0.15) is 5.26 Å². The maximum Gasteiger partial charge on any atom is 0.262 e. The molecule has 0 saturated carbocycles. The summed E-state index contributed by atoms with van der Waals surface area (Å²) in [7, 11) is 0. The smallest absolute Gasteiger partial charge is 0.262 e. The Bertz CT molecular complexity index is 1040. The molecule has 4 rings (SSSR count). The number of benzene rings is 1. The average Bonchev–Trinajstić information content (AvgIpc) is 3.21. The van der Waals surface area contributed by atoms with Crippen LogP contribution in [0.5, 0.6) is 0 Å². The van der Waals surface area contributed by atoms with E-state index in [0.29, 0.717) is 33.5 Å². The van der Waals surface area contributed by atoms with Crippen LogP contribution in [-0.4, -0.2) is 11.1 Å². The highest BCUT2D eigenvalue weighted by molar-refractivity contribution is 7.16. The Kier molecular flexibility index (Phi) is 4.54. The molecule has 0 radical (unpaired) electrons. The first-order chi connectivity index (χ1) is 13.1. The van der Waals surface area contributed by atoms with Crippen LogP contribution in [0.3, 0.4) is 0 Å². The fraction of sp³-hybridized carbons (Fsp3) is 0.286. The molecule has 1 amide bonds. The molecule has 1 aromatic carbocycles. The number of thiophene rings is 1. The van der Waals surface area contributed by atoms with Gasteiger partial charge in [0, 0.05) is 10.4 Å². The fourth-order valence-electron chi connectivity index (χ4n) is 3.56. The normalized spacial score (nSPS) is 15.8. The lowest BCUT2D eigenvalue weighted by atomic mass is 9.88. The highest BCUT2D eigenvalue weighted by atomic mass is 32.1. The van der Waals surface area contributed by atoms with Gasteiger partial charge in [0.2, 0.25) is 0 Å². The van der Waals surface area contributed by atoms with Crippen molar-refractivity contribution in [2.45, 2.75) is 33.1 Å². The van der Waals surface area contributed by atoms with E-state index in [1.165, 1.54) is 16.2 Å². The van der Waals surface area contributed by atoms with Gasteiger partial charge < -0.3 is 9.84 Å². The fourth-order valence-corrected chi connectivity index (χ4v) is 4.91. The van der Waals surface area contributed by atoms with Crippen molar-refractivity contribution in [1.82, 2.24) is 5.16 Å². The Balaban J connectivity index is 1.69. The highest BCUT2D eigenvalue weighted by Gasteiger charge is 2.27. The van der Waals surface area contributed by atoms with Crippen molar-refractivity contribution in [2.24, 2.45) is 5.92 Å². The van der Waals surface area contributed by atoms with E-state index in [1.54, 1.807) is 6.92 Å². The minimum atomic E-state index is -0.296. The first-order valence-corrected chi connectivity index (χ1v) is 9.77. The van der Waals surface area contributed by atoms with Gasteiger partial charge >= 0.3 is 0 Å². The standard InChI is InChI=1S/C21H19N3O2S/c1-12-8-9-15-16(11-22)21(27-17(15)10-12)23-20(25)18-13(2)26-24-19(18)14-6-4-3-5-7-14/h3-7,12H,8-10H2,1-2H3,(H,23,25)/t12-/m0/s1. The molecule has 136 valence electrons. The summed E-state index contributed by atoms with van der Waals surface area (Å²) in [5.41, 5.74) is 3.44. The molecule has 1 aliphatic carbocycles. The number of carbonyl (C=O) groups is 1. The molecule has 1 atom stereocenters. The Morgan fingerprint density at radius 3 is 2.89 bits per heavy atom. The zero-order chi connectivity index (χ0) is 19.0. The molecule has 5 nitrogen and oxygen atoms in total. The van der Waals surface area contributed by atoms with E-state index < -0.39 is 0 Å². The topological polar surface area (TPSA) is 78.9 Å². The number of aryl methyl sites for hydroxylation is 1. The molecule has 27 heavy (non-hydrogen) atoms. The SMILES string of the molecule is Cc1onc(-c2ccccc2)c1C(=O)Nc1sc2c(c1C#N)CC[C@H](C)C2. The zero-order valence-electron chi connectivity index (χ0n) is 15.2. The van der Waals surface area contributed by atoms with Crippen LogP contribution in [0.25, 0.3) is 11.3 Å². The molecule has 2 heterocycles. The van der Waals surface area contributed by atoms with E-state index in [-0.39, 0.29) is 5.91 Å².